The lowest BCUT2D eigenvalue weighted by Crippen LogP contribution is -2.41. The molecule has 5 heteroatoms. The summed E-state index contributed by atoms with van der Waals surface area (Å²) >= 11 is 0. The van der Waals surface area contributed by atoms with Crippen LogP contribution in [-0.4, -0.2) is 30.9 Å². The van der Waals surface area contributed by atoms with Gasteiger partial charge in [-0.15, -0.1) is 0 Å². The fraction of sp³-hybridized carbons (Fsp3) is 0.350. The van der Waals surface area contributed by atoms with Crippen LogP contribution in [0.1, 0.15) is 18.4 Å². The van der Waals surface area contributed by atoms with Crippen molar-refractivity contribution in [2.75, 3.05) is 20.1 Å². The number of piperidine rings is 1. The number of rotatable bonds is 4. The summed E-state index contributed by atoms with van der Waals surface area (Å²) in [6.45, 7) is 2.39. The Labute approximate surface area is 146 Å². The van der Waals surface area contributed by atoms with Crippen molar-refractivity contribution in [2.24, 2.45) is 5.92 Å². The number of halogens is 2. The molecule has 1 saturated heterocycles. The van der Waals surface area contributed by atoms with E-state index in [9.17, 15) is 13.6 Å². The Hall–Kier alpha value is -2.27. The zero-order chi connectivity index (χ0) is 17.8. The molecule has 1 aliphatic rings. The highest BCUT2D eigenvalue weighted by atomic mass is 19.1. The van der Waals surface area contributed by atoms with E-state index >= 15 is 0 Å². The van der Waals surface area contributed by atoms with Crippen LogP contribution in [0.2, 0.25) is 0 Å². The van der Waals surface area contributed by atoms with Gasteiger partial charge in [0.1, 0.15) is 11.6 Å². The van der Waals surface area contributed by atoms with Gasteiger partial charge in [-0.2, -0.15) is 0 Å². The van der Waals surface area contributed by atoms with Gasteiger partial charge in [-0.1, -0.05) is 18.2 Å². The first kappa shape index (κ1) is 17.5. The number of nitrogens with zero attached hydrogens (tertiary/aromatic N) is 1. The molecule has 3 nitrogen and oxygen atoms in total. The number of hydrogen-bond donors (Lipinski definition) is 1. The second-order valence-electron chi connectivity index (χ2n) is 6.51. The monoisotopic (exact) mass is 344 g/mol. The SMILES string of the molecule is CNC(=O)C1CCCN(Cc2cccc(-c3ccc(F)cc3F)c2)C1. The molecule has 0 radical (unpaired) electrons. The average Bonchev–Trinajstić information content (AvgIpc) is 2.61. The van der Waals surface area contributed by atoms with Crippen molar-refractivity contribution in [3.63, 3.8) is 0 Å². The lowest BCUT2D eigenvalue weighted by molar-refractivity contribution is -0.126. The predicted molar refractivity (Wildman–Crippen MR) is 93.9 cm³/mol. The van der Waals surface area contributed by atoms with Crippen molar-refractivity contribution in [1.29, 1.82) is 0 Å². The standard InChI is InChI=1S/C20H22F2N2O/c1-23-20(25)16-6-3-9-24(13-16)12-14-4-2-5-15(10-14)18-8-7-17(21)11-19(18)22/h2,4-5,7-8,10-11,16H,3,6,9,12-13H2,1H3,(H,23,25). The molecule has 1 aliphatic heterocycles. The Kier molecular flexibility index (Phi) is 5.43. The van der Waals surface area contributed by atoms with E-state index in [0.717, 1.165) is 43.1 Å². The maximum absolute atomic E-state index is 14.0. The van der Waals surface area contributed by atoms with Crippen LogP contribution in [0, 0.1) is 17.6 Å². The molecule has 1 N–H and O–H groups in total. The fourth-order valence-electron chi connectivity index (χ4n) is 3.44. The highest BCUT2D eigenvalue weighted by Crippen LogP contribution is 2.25. The first-order chi connectivity index (χ1) is 12.1. The molecule has 0 saturated carbocycles. The Balaban J connectivity index is 1.74. The summed E-state index contributed by atoms with van der Waals surface area (Å²) in [5.74, 6) is -1.02. The van der Waals surface area contributed by atoms with Crippen molar-refractivity contribution in [2.45, 2.75) is 19.4 Å². The number of likely N-dealkylation sites (tertiary alicyclic amines) is 1. The Bertz CT molecular complexity index is 763. The van der Waals surface area contributed by atoms with Gasteiger partial charge in [0.05, 0.1) is 5.92 Å². The van der Waals surface area contributed by atoms with Crippen LogP contribution in [0.4, 0.5) is 8.78 Å². The van der Waals surface area contributed by atoms with Gasteiger partial charge in [0.2, 0.25) is 5.91 Å². The van der Waals surface area contributed by atoms with Crippen LogP contribution in [-0.2, 0) is 11.3 Å². The molecular formula is C20H22F2N2O. The van der Waals surface area contributed by atoms with Gasteiger partial charge < -0.3 is 5.32 Å². The molecule has 0 spiro atoms. The number of hydrogen-bond acceptors (Lipinski definition) is 2. The summed E-state index contributed by atoms with van der Waals surface area (Å²) in [6.07, 6.45) is 1.90. The van der Waals surface area contributed by atoms with Gasteiger partial charge in [0.15, 0.2) is 0 Å². The van der Waals surface area contributed by atoms with Gasteiger partial charge in [0, 0.05) is 31.8 Å². The summed E-state index contributed by atoms with van der Waals surface area (Å²) in [5.41, 5.74) is 2.18. The van der Waals surface area contributed by atoms with E-state index in [2.05, 4.69) is 10.2 Å². The van der Waals surface area contributed by atoms with Crippen LogP contribution >= 0.6 is 0 Å². The molecule has 0 bridgehead atoms. The second-order valence-corrected chi connectivity index (χ2v) is 6.51. The normalized spacial score (nSPS) is 18.1. The predicted octanol–water partition coefficient (Wildman–Crippen LogP) is 3.59. The molecule has 0 aliphatic carbocycles. The van der Waals surface area contributed by atoms with Crippen molar-refractivity contribution in [3.8, 4) is 11.1 Å². The third-order valence-electron chi connectivity index (χ3n) is 4.70. The van der Waals surface area contributed by atoms with E-state index < -0.39 is 11.6 Å². The van der Waals surface area contributed by atoms with E-state index in [-0.39, 0.29) is 11.8 Å². The fourth-order valence-corrected chi connectivity index (χ4v) is 3.44. The largest absolute Gasteiger partial charge is 0.359 e. The molecule has 1 unspecified atom stereocenters. The minimum atomic E-state index is -0.578. The summed E-state index contributed by atoms with van der Waals surface area (Å²) in [6, 6.07) is 11.3. The minimum Gasteiger partial charge on any atom is -0.359 e. The van der Waals surface area contributed by atoms with Crippen LogP contribution in [0.25, 0.3) is 11.1 Å². The molecule has 1 atom stereocenters. The molecule has 132 valence electrons. The van der Waals surface area contributed by atoms with Crippen LogP contribution in [0.5, 0.6) is 0 Å². The van der Waals surface area contributed by atoms with Gasteiger partial charge in [-0.25, -0.2) is 8.78 Å². The smallest absolute Gasteiger partial charge is 0.224 e. The van der Waals surface area contributed by atoms with E-state index in [0.29, 0.717) is 12.1 Å². The summed E-state index contributed by atoms with van der Waals surface area (Å²) in [4.78, 5) is 14.1. The number of benzene rings is 2. The summed E-state index contributed by atoms with van der Waals surface area (Å²) < 4.78 is 27.1. The van der Waals surface area contributed by atoms with Gasteiger partial charge in [0.25, 0.3) is 0 Å². The Morgan fingerprint density at radius 1 is 1.24 bits per heavy atom. The van der Waals surface area contributed by atoms with Gasteiger partial charge >= 0.3 is 0 Å². The molecule has 2 aromatic carbocycles. The van der Waals surface area contributed by atoms with Crippen molar-refractivity contribution in [1.82, 2.24) is 10.2 Å². The van der Waals surface area contributed by atoms with Crippen LogP contribution in [0.3, 0.4) is 0 Å². The molecule has 1 fully saturated rings. The van der Waals surface area contributed by atoms with Gasteiger partial charge in [-0.3, -0.25) is 9.69 Å². The summed E-state index contributed by atoms with van der Waals surface area (Å²) in [7, 11) is 1.67. The number of carbonyl (C=O) groups is 1. The van der Waals surface area contributed by atoms with E-state index in [1.54, 1.807) is 7.05 Å². The van der Waals surface area contributed by atoms with E-state index in [1.165, 1.54) is 12.1 Å². The maximum atomic E-state index is 14.0. The molecule has 25 heavy (non-hydrogen) atoms. The quantitative estimate of drug-likeness (QED) is 0.919. The second kappa shape index (κ2) is 7.74. The minimum absolute atomic E-state index is 0.0245. The van der Waals surface area contributed by atoms with Crippen molar-refractivity contribution >= 4 is 5.91 Å². The van der Waals surface area contributed by atoms with Crippen LogP contribution in [0.15, 0.2) is 42.5 Å². The number of nitrogens with one attached hydrogen (secondary N) is 1. The van der Waals surface area contributed by atoms with Crippen molar-refractivity contribution < 1.29 is 13.6 Å². The average molecular weight is 344 g/mol. The van der Waals surface area contributed by atoms with Crippen LogP contribution < -0.4 is 5.32 Å². The Morgan fingerprint density at radius 3 is 2.84 bits per heavy atom. The zero-order valence-corrected chi connectivity index (χ0v) is 14.3. The molecule has 1 amide bonds. The maximum Gasteiger partial charge on any atom is 0.224 e. The van der Waals surface area contributed by atoms with E-state index in [4.69, 9.17) is 0 Å². The highest BCUT2D eigenvalue weighted by molar-refractivity contribution is 5.78. The lowest BCUT2D eigenvalue weighted by atomic mass is 9.96. The number of amides is 1. The van der Waals surface area contributed by atoms with Gasteiger partial charge in [-0.05, 0) is 48.7 Å². The molecular weight excluding hydrogens is 322 g/mol. The molecule has 0 aromatic heterocycles. The third kappa shape index (κ3) is 4.23. The first-order valence-electron chi connectivity index (χ1n) is 8.55. The lowest BCUT2D eigenvalue weighted by Gasteiger charge is -2.31. The zero-order valence-electron chi connectivity index (χ0n) is 14.3. The number of carbonyl (C=O) groups excluding carboxylic acids is 1. The topological polar surface area (TPSA) is 32.3 Å². The Morgan fingerprint density at radius 2 is 2.08 bits per heavy atom. The molecule has 1 heterocycles. The third-order valence-corrected chi connectivity index (χ3v) is 4.70. The molecule has 2 aromatic rings. The highest BCUT2D eigenvalue weighted by Gasteiger charge is 2.24. The molecule has 3 rings (SSSR count). The van der Waals surface area contributed by atoms with E-state index in [1.807, 2.05) is 24.3 Å². The first-order valence-corrected chi connectivity index (χ1v) is 8.55. The van der Waals surface area contributed by atoms with Crippen molar-refractivity contribution in [3.05, 3.63) is 59.7 Å². The summed E-state index contributed by atoms with van der Waals surface area (Å²) in [5, 5.41) is 2.72.